The molecule has 1 N–H and O–H groups in total. The number of para-hydroxylation sites is 1. The summed E-state index contributed by atoms with van der Waals surface area (Å²) in [5, 5.41) is 2.64. The van der Waals surface area contributed by atoms with E-state index in [1.807, 2.05) is 35.2 Å². The van der Waals surface area contributed by atoms with E-state index in [-0.39, 0.29) is 11.9 Å². The first-order chi connectivity index (χ1) is 14.5. The second-order valence-corrected chi connectivity index (χ2v) is 10.9. The van der Waals surface area contributed by atoms with E-state index in [2.05, 4.69) is 4.72 Å². The third-order valence-corrected chi connectivity index (χ3v) is 8.74. The number of fused-ring (bicyclic) bond motifs is 1. The number of pyridine rings is 1. The Balaban J connectivity index is 1.32. The van der Waals surface area contributed by atoms with Gasteiger partial charge in [-0.3, -0.25) is 9.78 Å². The van der Waals surface area contributed by atoms with Crippen molar-refractivity contribution >= 4 is 38.2 Å². The first-order valence-corrected chi connectivity index (χ1v) is 12.6. The number of carbonyl (C=O) groups is 1. The van der Waals surface area contributed by atoms with Crippen molar-refractivity contribution in [2.24, 2.45) is 0 Å². The van der Waals surface area contributed by atoms with Crippen LogP contribution in [0.5, 0.6) is 0 Å². The maximum absolute atomic E-state index is 13.3. The minimum atomic E-state index is -3.49. The van der Waals surface area contributed by atoms with Gasteiger partial charge in [-0.25, -0.2) is 13.1 Å². The van der Waals surface area contributed by atoms with Crippen LogP contribution in [-0.4, -0.2) is 43.3 Å². The number of hydrogen-bond donors (Lipinski definition) is 1. The zero-order valence-corrected chi connectivity index (χ0v) is 18.1. The summed E-state index contributed by atoms with van der Waals surface area (Å²) in [4.78, 5) is 19.9. The number of carbonyl (C=O) groups excluding carboxylic acids is 1. The number of piperidine rings is 1. The quantitative estimate of drug-likeness (QED) is 0.654. The van der Waals surface area contributed by atoms with E-state index in [0.717, 1.165) is 29.4 Å². The molecular formula is C22H23N3O3S2. The van der Waals surface area contributed by atoms with E-state index < -0.39 is 10.0 Å². The van der Waals surface area contributed by atoms with Gasteiger partial charge in [0.25, 0.3) is 5.91 Å². The summed E-state index contributed by atoms with van der Waals surface area (Å²) in [6.07, 6.45) is 3.48. The van der Waals surface area contributed by atoms with Crippen molar-refractivity contribution in [3.05, 3.63) is 59.1 Å². The summed E-state index contributed by atoms with van der Waals surface area (Å²) in [7, 11) is -3.49. The minimum absolute atomic E-state index is 0.00932. The second kappa shape index (κ2) is 7.76. The van der Waals surface area contributed by atoms with Crippen LogP contribution >= 0.6 is 11.3 Å². The molecule has 0 spiro atoms. The summed E-state index contributed by atoms with van der Waals surface area (Å²) < 4.78 is 28.1. The van der Waals surface area contributed by atoms with Gasteiger partial charge in [-0.1, -0.05) is 24.3 Å². The first-order valence-electron chi connectivity index (χ1n) is 10.3. The number of aromatic nitrogens is 1. The van der Waals surface area contributed by atoms with Crippen molar-refractivity contribution in [2.45, 2.75) is 41.9 Å². The summed E-state index contributed by atoms with van der Waals surface area (Å²) in [6, 6.07) is 12.9. The fourth-order valence-electron chi connectivity index (χ4n) is 4.03. The molecule has 156 valence electrons. The molecule has 5 rings (SSSR count). The molecule has 1 aromatic carbocycles. The second-order valence-electron chi connectivity index (χ2n) is 8.01. The van der Waals surface area contributed by atoms with Gasteiger partial charge in [-0.15, -0.1) is 11.3 Å². The van der Waals surface area contributed by atoms with Crippen molar-refractivity contribution in [1.82, 2.24) is 14.6 Å². The monoisotopic (exact) mass is 441 g/mol. The number of likely N-dealkylation sites (tertiary alicyclic amines) is 1. The first kappa shape index (κ1) is 19.7. The summed E-state index contributed by atoms with van der Waals surface area (Å²) >= 11 is 1.21. The van der Waals surface area contributed by atoms with Crippen LogP contribution in [0.15, 0.2) is 52.1 Å². The Kier molecular flexibility index (Phi) is 5.08. The normalized spacial score (nSPS) is 18.1. The zero-order chi connectivity index (χ0) is 20.7. The van der Waals surface area contributed by atoms with Gasteiger partial charge in [0, 0.05) is 36.1 Å². The zero-order valence-electron chi connectivity index (χ0n) is 16.5. The Morgan fingerprint density at radius 3 is 2.53 bits per heavy atom. The molecule has 8 heteroatoms. The Morgan fingerprint density at radius 1 is 1.07 bits per heavy atom. The molecule has 0 bridgehead atoms. The van der Waals surface area contributed by atoms with Gasteiger partial charge in [0.1, 0.15) is 4.21 Å². The van der Waals surface area contributed by atoms with E-state index in [1.54, 1.807) is 17.5 Å². The van der Waals surface area contributed by atoms with Crippen molar-refractivity contribution in [3.8, 4) is 0 Å². The highest BCUT2D eigenvalue weighted by Gasteiger charge is 2.30. The predicted molar refractivity (Wildman–Crippen MR) is 117 cm³/mol. The minimum Gasteiger partial charge on any atom is -0.339 e. The van der Waals surface area contributed by atoms with Crippen LogP contribution in [0.2, 0.25) is 0 Å². The van der Waals surface area contributed by atoms with Gasteiger partial charge < -0.3 is 4.90 Å². The summed E-state index contributed by atoms with van der Waals surface area (Å²) in [6.45, 7) is 1.07. The van der Waals surface area contributed by atoms with E-state index in [1.165, 1.54) is 11.3 Å². The maximum Gasteiger partial charge on any atom is 0.254 e. The fraction of sp³-hybridized carbons (Fsp3) is 0.364. The fourth-order valence-corrected chi connectivity index (χ4v) is 6.34. The topological polar surface area (TPSA) is 79.4 Å². The van der Waals surface area contributed by atoms with Crippen LogP contribution in [0.25, 0.3) is 10.9 Å². The standard InChI is InChI=1S/C22H23N3O3S2/c26-22(18-14-20(15-7-8-15)23-19-5-2-1-4-17(18)19)25-11-9-16(10-12-25)24-30(27,28)21-6-3-13-29-21/h1-6,13-16,24H,7-12H2. The van der Waals surface area contributed by atoms with E-state index >= 15 is 0 Å². The van der Waals surface area contributed by atoms with Crippen LogP contribution in [0, 0.1) is 0 Å². The van der Waals surface area contributed by atoms with E-state index in [0.29, 0.717) is 41.6 Å². The highest BCUT2D eigenvalue weighted by molar-refractivity contribution is 7.91. The third kappa shape index (κ3) is 3.87. The van der Waals surface area contributed by atoms with Crippen molar-refractivity contribution in [1.29, 1.82) is 0 Å². The Morgan fingerprint density at radius 2 is 1.83 bits per heavy atom. The molecule has 1 amide bonds. The highest BCUT2D eigenvalue weighted by Crippen LogP contribution is 2.40. The van der Waals surface area contributed by atoms with Gasteiger partial charge in [-0.05, 0) is 49.3 Å². The smallest absolute Gasteiger partial charge is 0.254 e. The Bertz CT molecular complexity index is 1180. The van der Waals surface area contributed by atoms with Crippen molar-refractivity contribution < 1.29 is 13.2 Å². The van der Waals surface area contributed by atoms with Gasteiger partial charge in [0.2, 0.25) is 10.0 Å². The number of hydrogen-bond acceptors (Lipinski definition) is 5. The lowest BCUT2D eigenvalue weighted by Crippen LogP contribution is -2.46. The largest absolute Gasteiger partial charge is 0.339 e. The molecule has 2 aromatic heterocycles. The highest BCUT2D eigenvalue weighted by atomic mass is 32.2. The van der Waals surface area contributed by atoms with Crippen LogP contribution in [0.1, 0.15) is 47.7 Å². The molecule has 30 heavy (non-hydrogen) atoms. The predicted octanol–water partition coefficient (Wildman–Crippen LogP) is 3.76. The van der Waals surface area contributed by atoms with E-state index in [9.17, 15) is 13.2 Å². The molecule has 1 saturated heterocycles. The number of nitrogens with one attached hydrogen (secondary N) is 1. The van der Waals surface area contributed by atoms with Gasteiger partial charge in [0.05, 0.1) is 11.1 Å². The average molecular weight is 442 g/mol. The SMILES string of the molecule is O=C(c1cc(C2CC2)nc2ccccc12)N1CCC(NS(=O)(=O)c2cccs2)CC1. The Hall–Kier alpha value is -2.29. The molecule has 0 unspecified atom stereocenters. The lowest BCUT2D eigenvalue weighted by molar-refractivity contribution is 0.0713. The lowest BCUT2D eigenvalue weighted by atomic mass is 10.0. The molecule has 6 nitrogen and oxygen atoms in total. The molecule has 1 saturated carbocycles. The average Bonchev–Trinajstić information content (AvgIpc) is 3.45. The van der Waals surface area contributed by atoms with Gasteiger partial charge >= 0.3 is 0 Å². The van der Waals surface area contributed by atoms with Crippen LogP contribution in [0.3, 0.4) is 0 Å². The third-order valence-electron chi connectivity index (χ3n) is 5.83. The molecular weight excluding hydrogens is 418 g/mol. The number of thiophene rings is 1. The van der Waals surface area contributed by atoms with Crippen LogP contribution in [0.4, 0.5) is 0 Å². The molecule has 2 aliphatic rings. The maximum atomic E-state index is 13.3. The number of rotatable bonds is 5. The molecule has 1 aliphatic carbocycles. The number of amides is 1. The van der Waals surface area contributed by atoms with Crippen LogP contribution in [-0.2, 0) is 10.0 Å². The molecule has 0 radical (unpaired) electrons. The van der Waals surface area contributed by atoms with Crippen molar-refractivity contribution in [3.63, 3.8) is 0 Å². The lowest BCUT2D eigenvalue weighted by Gasteiger charge is -2.32. The molecule has 2 fully saturated rings. The van der Waals surface area contributed by atoms with Crippen molar-refractivity contribution in [2.75, 3.05) is 13.1 Å². The molecule has 0 atom stereocenters. The number of nitrogens with zero attached hydrogens (tertiary/aromatic N) is 2. The molecule has 1 aliphatic heterocycles. The summed E-state index contributed by atoms with van der Waals surface area (Å²) in [5.41, 5.74) is 2.58. The summed E-state index contributed by atoms with van der Waals surface area (Å²) in [5.74, 6) is 0.480. The van der Waals surface area contributed by atoms with E-state index in [4.69, 9.17) is 4.98 Å². The number of sulfonamides is 1. The van der Waals surface area contributed by atoms with Gasteiger partial charge in [0.15, 0.2) is 0 Å². The van der Waals surface area contributed by atoms with Crippen LogP contribution < -0.4 is 4.72 Å². The van der Waals surface area contributed by atoms with Gasteiger partial charge in [-0.2, -0.15) is 0 Å². The Labute approximate surface area is 180 Å². The molecule has 3 heterocycles. The number of benzene rings is 1. The molecule has 3 aromatic rings.